The maximum atomic E-state index is 12.5. The fourth-order valence-corrected chi connectivity index (χ4v) is 3.57. The molecule has 3 rings (SSSR count). The molecule has 0 spiro atoms. The van der Waals surface area contributed by atoms with Crippen LogP contribution in [-0.4, -0.2) is 42.0 Å². The first kappa shape index (κ1) is 17.4. The van der Waals surface area contributed by atoms with Crippen molar-refractivity contribution in [2.24, 2.45) is 0 Å². The Kier molecular flexibility index (Phi) is 5.60. The van der Waals surface area contributed by atoms with Gasteiger partial charge in [0.15, 0.2) is 0 Å². The van der Waals surface area contributed by atoms with Gasteiger partial charge in [-0.2, -0.15) is 0 Å². The van der Waals surface area contributed by atoms with Gasteiger partial charge >= 0.3 is 0 Å². The number of methoxy groups -OCH3 is 1. The molecule has 1 unspecified atom stereocenters. The molecular weight excluding hydrogens is 336 g/mol. The van der Waals surface area contributed by atoms with E-state index in [2.05, 4.69) is 5.32 Å². The van der Waals surface area contributed by atoms with Crippen molar-refractivity contribution in [3.8, 4) is 5.75 Å². The summed E-state index contributed by atoms with van der Waals surface area (Å²) in [5.41, 5.74) is 1.95. The maximum absolute atomic E-state index is 12.5. The molecule has 1 aliphatic heterocycles. The molecule has 1 saturated heterocycles. The summed E-state index contributed by atoms with van der Waals surface area (Å²) in [5.74, 6) is 1.34. The van der Waals surface area contributed by atoms with Gasteiger partial charge in [-0.05, 0) is 23.3 Å². The third kappa shape index (κ3) is 4.33. The minimum Gasteiger partial charge on any atom is -0.497 e. The van der Waals surface area contributed by atoms with E-state index in [0.717, 1.165) is 22.6 Å². The number of carbonyl (C=O) groups excluding carboxylic acids is 2. The summed E-state index contributed by atoms with van der Waals surface area (Å²) in [4.78, 5) is 25.8. The maximum Gasteiger partial charge on any atom is 0.282 e. The Morgan fingerprint density at radius 3 is 2.44 bits per heavy atom. The van der Waals surface area contributed by atoms with Crippen LogP contribution in [0.15, 0.2) is 54.6 Å². The Hall–Kier alpha value is -2.47. The number of thioether (sulfide) groups is 1. The van der Waals surface area contributed by atoms with E-state index < -0.39 is 0 Å². The highest BCUT2D eigenvalue weighted by molar-refractivity contribution is 8.13. The van der Waals surface area contributed by atoms with Crippen LogP contribution in [-0.2, 0) is 4.79 Å². The predicted octanol–water partition coefficient (Wildman–Crippen LogP) is 3.07. The zero-order chi connectivity index (χ0) is 17.6. The average Bonchev–Trinajstić information content (AvgIpc) is 3.05. The zero-order valence-electron chi connectivity index (χ0n) is 14.0. The molecule has 0 bridgehead atoms. The van der Waals surface area contributed by atoms with Gasteiger partial charge in [0.25, 0.3) is 5.24 Å². The lowest BCUT2D eigenvalue weighted by molar-refractivity contribution is -0.122. The Labute approximate surface area is 151 Å². The number of rotatable bonds is 6. The molecule has 1 atom stereocenters. The van der Waals surface area contributed by atoms with E-state index in [9.17, 15) is 9.59 Å². The number of benzene rings is 2. The summed E-state index contributed by atoms with van der Waals surface area (Å²) in [6, 6.07) is 17.1. The van der Waals surface area contributed by atoms with Crippen LogP contribution in [0.5, 0.6) is 5.75 Å². The van der Waals surface area contributed by atoms with E-state index in [1.54, 1.807) is 12.0 Å². The Morgan fingerprint density at radius 2 is 1.84 bits per heavy atom. The highest BCUT2D eigenvalue weighted by Gasteiger charge is 2.25. The van der Waals surface area contributed by atoms with Crippen molar-refractivity contribution in [3.05, 3.63) is 65.7 Å². The summed E-state index contributed by atoms with van der Waals surface area (Å²) in [6.45, 7) is 0.709. The lowest BCUT2D eigenvalue weighted by Crippen LogP contribution is -2.39. The molecule has 1 aliphatic rings. The monoisotopic (exact) mass is 356 g/mol. The Bertz CT molecular complexity index is 734. The molecule has 2 aromatic rings. The summed E-state index contributed by atoms with van der Waals surface area (Å²) in [5, 5.41) is 3.02. The number of ether oxygens (including phenoxy) is 1. The number of nitrogens with one attached hydrogen (secondary N) is 1. The lowest BCUT2D eigenvalue weighted by Gasteiger charge is -2.22. The fourth-order valence-electron chi connectivity index (χ4n) is 2.75. The summed E-state index contributed by atoms with van der Waals surface area (Å²) < 4.78 is 5.20. The summed E-state index contributed by atoms with van der Waals surface area (Å²) in [7, 11) is 1.62. The van der Waals surface area contributed by atoms with Crippen molar-refractivity contribution >= 4 is 22.9 Å². The molecule has 5 nitrogen and oxygen atoms in total. The van der Waals surface area contributed by atoms with E-state index >= 15 is 0 Å². The molecular formula is C19H20N2O3S. The molecule has 0 aromatic heterocycles. The third-order valence-electron chi connectivity index (χ3n) is 4.07. The molecule has 2 amide bonds. The summed E-state index contributed by atoms with van der Waals surface area (Å²) in [6.07, 6.45) is 0. The molecule has 0 saturated carbocycles. The standard InChI is InChI=1S/C19H20N2O3S/c1-24-16-9-7-15(8-10-16)18(14-5-3-2-4-6-14)20-17(22)13-21-11-12-25-19(21)23/h2-10,18H,11-13H2,1H3,(H,20,22). The van der Waals surface area contributed by atoms with Crippen LogP contribution in [0.4, 0.5) is 4.79 Å². The largest absolute Gasteiger partial charge is 0.497 e. The predicted molar refractivity (Wildman–Crippen MR) is 98.8 cm³/mol. The zero-order valence-corrected chi connectivity index (χ0v) is 14.8. The van der Waals surface area contributed by atoms with E-state index in [1.165, 1.54) is 11.8 Å². The molecule has 25 heavy (non-hydrogen) atoms. The molecule has 1 fully saturated rings. The van der Waals surface area contributed by atoms with E-state index in [1.807, 2.05) is 54.6 Å². The second-order valence-corrected chi connectivity index (χ2v) is 6.77. The first-order chi connectivity index (χ1) is 12.2. The normalized spacial score (nSPS) is 15.1. The third-order valence-corrected chi connectivity index (χ3v) is 4.96. The molecule has 130 valence electrons. The van der Waals surface area contributed by atoms with Gasteiger partial charge in [-0.3, -0.25) is 9.59 Å². The SMILES string of the molecule is COc1ccc(C(NC(=O)CN2CCSC2=O)c2ccccc2)cc1. The summed E-state index contributed by atoms with van der Waals surface area (Å²) >= 11 is 1.26. The minimum atomic E-state index is -0.273. The van der Waals surface area contributed by atoms with Gasteiger partial charge in [0.05, 0.1) is 13.2 Å². The van der Waals surface area contributed by atoms with Gasteiger partial charge in [-0.15, -0.1) is 0 Å². The van der Waals surface area contributed by atoms with Gasteiger partial charge in [-0.1, -0.05) is 54.2 Å². The second-order valence-electron chi connectivity index (χ2n) is 5.72. The van der Waals surface area contributed by atoms with Crippen LogP contribution in [0.25, 0.3) is 0 Å². The Morgan fingerprint density at radius 1 is 1.16 bits per heavy atom. The first-order valence-electron chi connectivity index (χ1n) is 8.07. The van der Waals surface area contributed by atoms with Crippen molar-refractivity contribution in [2.75, 3.05) is 26.0 Å². The molecule has 2 aromatic carbocycles. The van der Waals surface area contributed by atoms with Crippen LogP contribution in [0.2, 0.25) is 0 Å². The smallest absolute Gasteiger partial charge is 0.282 e. The van der Waals surface area contributed by atoms with Crippen LogP contribution in [0, 0.1) is 0 Å². The molecule has 0 aliphatic carbocycles. The molecule has 6 heteroatoms. The molecule has 1 N–H and O–H groups in total. The van der Waals surface area contributed by atoms with Crippen molar-refractivity contribution in [3.63, 3.8) is 0 Å². The van der Waals surface area contributed by atoms with Gasteiger partial charge in [-0.25, -0.2) is 0 Å². The number of amides is 2. The van der Waals surface area contributed by atoms with Crippen molar-refractivity contribution in [1.82, 2.24) is 10.2 Å². The van der Waals surface area contributed by atoms with E-state index in [-0.39, 0.29) is 23.7 Å². The van der Waals surface area contributed by atoms with Crippen molar-refractivity contribution in [2.45, 2.75) is 6.04 Å². The topological polar surface area (TPSA) is 58.6 Å². The highest BCUT2D eigenvalue weighted by Crippen LogP contribution is 2.24. The second kappa shape index (κ2) is 8.07. The van der Waals surface area contributed by atoms with Crippen LogP contribution in [0.1, 0.15) is 17.2 Å². The number of nitrogens with zero attached hydrogens (tertiary/aromatic N) is 1. The number of hydrogen-bond acceptors (Lipinski definition) is 4. The lowest BCUT2D eigenvalue weighted by atomic mass is 9.98. The quantitative estimate of drug-likeness (QED) is 0.864. The molecule has 0 radical (unpaired) electrons. The van der Waals surface area contributed by atoms with Gasteiger partial charge in [0.2, 0.25) is 5.91 Å². The Balaban J connectivity index is 1.78. The van der Waals surface area contributed by atoms with Gasteiger partial charge in [0, 0.05) is 12.3 Å². The van der Waals surface area contributed by atoms with E-state index in [0.29, 0.717) is 6.54 Å². The number of carbonyl (C=O) groups is 2. The average molecular weight is 356 g/mol. The van der Waals surface area contributed by atoms with Crippen LogP contribution >= 0.6 is 11.8 Å². The van der Waals surface area contributed by atoms with Crippen molar-refractivity contribution < 1.29 is 14.3 Å². The van der Waals surface area contributed by atoms with Gasteiger partial charge in [0.1, 0.15) is 12.3 Å². The fraction of sp³-hybridized carbons (Fsp3) is 0.263. The van der Waals surface area contributed by atoms with Crippen molar-refractivity contribution in [1.29, 1.82) is 0 Å². The van der Waals surface area contributed by atoms with E-state index in [4.69, 9.17) is 4.74 Å². The van der Waals surface area contributed by atoms with Gasteiger partial charge < -0.3 is 15.0 Å². The first-order valence-corrected chi connectivity index (χ1v) is 9.06. The minimum absolute atomic E-state index is 0.0316. The highest BCUT2D eigenvalue weighted by atomic mass is 32.2. The number of hydrogen-bond donors (Lipinski definition) is 1. The van der Waals surface area contributed by atoms with Crippen LogP contribution < -0.4 is 10.1 Å². The molecule has 1 heterocycles. The van der Waals surface area contributed by atoms with Crippen LogP contribution in [0.3, 0.4) is 0 Å².